The maximum Gasteiger partial charge on any atom is 0.277 e. The van der Waals surface area contributed by atoms with Gasteiger partial charge in [-0.1, -0.05) is 13.8 Å². The molecule has 0 atom stereocenters. The fraction of sp³-hybridized carbons (Fsp3) is 0.538. The van der Waals surface area contributed by atoms with Gasteiger partial charge in [-0.2, -0.15) is 10.2 Å². The van der Waals surface area contributed by atoms with Gasteiger partial charge in [0, 0.05) is 13.1 Å². The third kappa shape index (κ3) is 2.45. The van der Waals surface area contributed by atoms with E-state index in [9.17, 15) is 4.79 Å². The van der Waals surface area contributed by atoms with E-state index in [4.69, 9.17) is 12.2 Å². The molecule has 2 rings (SSSR count). The molecule has 20 heavy (non-hydrogen) atoms. The van der Waals surface area contributed by atoms with Crippen LogP contribution in [0.25, 0.3) is 11.4 Å². The zero-order chi connectivity index (χ0) is 15.0. The van der Waals surface area contributed by atoms with Crippen molar-refractivity contribution in [3.8, 4) is 11.4 Å². The average Bonchev–Trinajstić information content (AvgIpc) is 2.74. The third-order valence-electron chi connectivity index (χ3n) is 3.14. The molecule has 2 heterocycles. The second-order valence-electron chi connectivity index (χ2n) is 5.38. The SMILES string of the molecule is CC(C)c1cc(-c2n[nH]c(=S)n2C(C)C)c(=O)n(C)n1. The normalized spacial score (nSPS) is 11.6. The van der Waals surface area contributed by atoms with Crippen molar-refractivity contribution >= 4 is 12.2 Å². The molecule has 0 bridgehead atoms. The summed E-state index contributed by atoms with van der Waals surface area (Å²) in [4.78, 5) is 12.3. The van der Waals surface area contributed by atoms with E-state index < -0.39 is 0 Å². The van der Waals surface area contributed by atoms with Crippen LogP contribution >= 0.6 is 12.2 Å². The first-order valence-corrected chi connectivity index (χ1v) is 6.99. The molecule has 7 heteroatoms. The highest BCUT2D eigenvalue weighted by molar-refractivity contribution is 7.71. The van der Waals surface area contributed by atoms with Gasteiger partial charge in [0.25, 0.3) is 5.56 Å². The van der Waals surface area contributed by atoms with E-state index >= 15 is 0 Å². The van der Waals surface area contributed by atoms with Gasteiger partial charge in [0.15, 0.2) is 10.6 Å². The maximum atomic E-state index is 12.3. The highest BCUT2D eigenvalue weighted by atomic mass is 32.1. The van der Waals surface area contributed by atoms with Crippen LogP contribution in [-0.4, -0.2) is 24.5 Å². The van der Waals surface area contributed by atoms with Gasteiger partial charge in [0.05, 0.1) is 11.3 Å². The lowest BCUT2D eigenvalue weighted by Gasteiger charge is -2.12. The van der Waals surface area contributed by atoms with Crippen LogP contribution in [-0.2, 0) is 7.05 Å². The molecule has 0 aromatic carbocycles. The summed E-state index contributed by atoms with van der Waals surface area (Å²) in [6, 6.07) is 1.92. The number of rotatable bonds is 3. The van der Waals surface area contributed by atoms with Crippen molar-refractivity contribution in [1.82, 2.24) is 24.5 Å². The standard InChI is InChI=1S/C13H19N5OS/c1-7(2)10-6-9(12(19)17(5)16-10)11-14-15-13(20)18(11)8(3)4/h6-8H,1-5H3,(H,15,20). The maximum absolute atomic E-state index is 12.3. The van der Waals surface area contributed by atoms with Crippen molar-refractivity contribution in [1.29, 1.82) is 0 Å². The average molecular weight is 293 g/mol. The smallest absolute Gasteiger partial charge is 0.277 e. The zero-order valence-corrected chi connectivity index (χ0v) is 13.2. The van der Waals surface area contributed by atoms with Crippen molar-refractivity contribution in [2.24, 2.45) is 7.05 Å². The quantitative estimate of drug-likeness (QED) is 0.882. The van der Waals surface area contributed by atoms with Gasteiger partial charge in [-0.05, 0) is 38.0 Å². The number of nitrogens with one attached hydrogen (secondary N) is 1. The van der Waals surface area contributed by atoms with Gasteiger partial charge in [0.2, 0.25) is 0 Å². The summed E-state index contributed by atoms with van der Waals surface area (Å²) >= 11 is 5.23. The summed E-state index contributed by atoms with van der Waals surface area (Å²) in [5.41, 5.74) is 1.20. The van der Waals surface area contributed by atoms with Gasteiger partial charge >= 0.3 is 0 Å². The number of H-pyrrole nitrogens is 1. The Morgan fingerprint density at radius 2 is 1.95 bits per heavy atom. The number of aromatic nitrogens is 5. The van der Waals surface area contributed by atoms with E-state index in [2.05, 4.69) is 15.3 Å². The first-order chi connectivity index (χ1) is 9.32. The van der Waals surface area contributed by atoms with Crippen LogP contribution in [0.1, 0.15) is 45.3 Å². The fourth-order valence-corrected chi connectivity index (χ4v) is 2.39. The Bertz CT molecular complexity index is 738. The Kier molecular flexibility index (Phi) is 3.89. The van der Waals surface area contributed by atoms with Crippen LogP contribution < -0.4 is 5.56 Å². The lowest BCUT2D eigenvalue weighted by atomic mass is 10.1. The Morgan fingerprint density at radius 3 is 2.50 bits per heavy atom. The van der Waals surface area contributed by atoms with E-state index in [-0.39, 0.29) is 17.5 Å². The molecule has 0 amide bonds. The van der Waals surface area contributed by atoms with Crippen molar-refractivity contribution in [2.45, 2.75) is 39.7 Å². The van der Waals surface area contributed by atoms with Gasteiger partial charge in [0.1, 0.15) is 0 Å². The number of aromatic amines is 1. The summed E-state index contributed by atoms with van der Waals surface area (Å²) in [7, 11) is 1.65. The van der Waals surface area contributed by atoms with Crippen LogP contribution in [0.15, 0.2) is 10.9 Å². The Labute approximate surface area is 122 Å². The van der Waals surface area contributed by atoms with Gasteiger partial charge in [-0.3, -0.25) is 14.5 Å². The summed E-state index contributed by atoms with van der Waals surface area (Å²) < 4.78 is 3.71. The third-order valence-corrected chi connectivity index (χ3v) is 3.42. The van der Waals surface area contributed by atoms with Crippen molar-refractivity contribution in [3.63, 3.8) is 0 Å². The monoisotopic (exact) mass is 293 g/mol. The summed E-state index contributed by atoms with van der Waals surface area (Å²) in [5, 5.41) is 11.2. The molecule has 0 radical (unpaired) electrons. The molecule has 0 fully saturated rings. The summed E-state index contributed by atoms with van der Waals surface area (Å²) in [6.07, 6.45) is 0. The summed E-state index contributed by atoms with van der Waals surface area (Å²) in [6.45, 7) is 8.08. The predicted octanol–water partition coefficient (Wildman–Crippen LogP) is 2.41. The second-order valence-corrected chi connectivity index (χ2v) is 5.77. The molecule has 0 aliphatic carbocycles. The lowest BCUT2D eigenvalue weighted by molar-refractivity contribution is 0.593. The van der Waals surface area contributed by atoms with E-state index in [1.54, 1.807) is 13.1 Å². The minimum atomic E-state index is -0.176. The Morgan fingerprint density at radius 1 is 1.30 bits per heavy atom. The summed E-state index contributed by atoms with van der Waals surface area (Å²) in [5.74, 6) is 0.796. The molecule has 0 spiro atoms. The number of nitrogens with zero attached hydrogens (tertiary/aromatic N) is 4. The Hall–Kier alpha value is -1.76. The van der Waals surface area contributed by atoms with Crippen molar-refractivity contribution in [3.05, 3.63) is 26.9 Å². The molecule has 0 saturated heterocycles. The molecule has 0 saturated carbocycles. The topological polar surface area (TPSA) is 68.5 Å². The van der Waals surface area contributed by atoms with E-state index in [1.807, 2.05) is 32.3 Å². The van der Waals surface area contributed by atoms with Crippen molar-refractivity contribution < 1.29 is 0 Å². The molecule has 1 N–H and O–H groups in total. The van der Waals surface area contributed by atoms with E-state index in [0.717, 1.165) is 5.69 Å². The number of aryl methyl sites for hydroxylation is 1. The zero-order valence-electron chi connectivity index (χ0n) is 12.3. The fourth-order valence-electron chi connectivity index (χ4n) is 2.05. The van der Waals surface area contributed by atoms with Crippen LogP contribution in [0.4, 0.5) is 0 Å². The molecule has 2 aromatic heterocycles. The minimum absolute atomic E-state index is 0.122. The van der Waals surface area contributed by atoms with Crippen LogP contribution in [0.2, 0.25) is 0 Å². The molecule has 2 aromatic rings. The molecule has 108 valence electrons. The van der Waals surface area contributed by atoms with Gasteiger partial charge in [-0.15, -0.1) is 0 Å². The molecule has 0 aliphatic rings. The van der Waals surface area contributed by atoms with E-state index in [0.29, 0.717) is 16.2 Å². The van der Waals surface area contributed by atoms with Crippen LogP contribution in [0, 0.1) is 4.77 Å². The first-order valence-electron chi connectivity index (χ1n) is 6.58. The largest absolute Gasteiger partial charge is 0.297 e. The predicted molar refractivity (Wildman–Crippen MR) is 80.4 cm³/mol. The number of hydrogen-bond donors (Lipinski definition) is 1. The minimum Gasteiger partial charge on any atom is -0.297 e. The van der Waals surface area contributed by atoms with Crippen LogP contribution in [0.3, 0.4) is 0 Å². The molecule has 6 nitrogen and oxygen atoms in total. The van der Waals surface area contributed by atoms with Crippen molar-refractivity contribution in [2.75, 3.05) is 0 Å². The number of hydrogen-bond acceptors (Lipinski definition) is 4. The van der Waals surface area contributed by atoms with Gasteiger partial charge < -0.3 is 0 Å². The molecular formula is C13H19N5OS. The molecular weight excluding hydrogens is 274 g/mol. The Balaban J connectivity index is 2.76. The second kappa shape index (κ2) is 5.32. The first kappa shape index (κ1) is 14.6. The van der Waals surface area contributed by atoms with Gasteiger partial charge in [-0.25, -0.2) is 4.68 Å². The van der Waals surface area contributed by atoms with E-state index in [1.165, 1.54) is 4.68 Å². The lowest BCUT2D eigenvalue weighted by Crippen LogP contribution is -2.24. The molecule has 0 aliphatic heterocycles. The highest BCUT2D eigenvalue weighted by Crippen LogP contribution is 2.20. The van der Waals surface area contributed by atoms with Crippen LogP contribution in [0.5, 0.6) is 0 Å². The molecule has 0 unspecified atom stereocenters. The highest BCUT2D eigenvalue weighted by Gasteiger charge is 2.17.